The Bertz CT molecular complexity index is 638. The fraction of sp³-hybridized carbons (Fsp3) is 0.500. The maximum atomic E-state index is 6.41. The Morgan fingerprint density at radius 1 is 1.00 bits per heavy atom. The third-order valence-corrected chi connectivity index (χ3v) is 4.10. The molecule has 0 spiro atoms. The van der Waals surface area contributed by atoms with Gasteiger partial charge in [0.15, 0.2) is 0 Å². The van der Waals surface area contributed by atoms with E-state index in [-0.39, 0.29) is 0 Å². The van der Waals surface area contributed by atoms with Crippen LogP contribution >= 0.6 is 0 Å². The third-order valence-electron chi connectivity index (χ3n) is 4.10. The van der Waals surface area contributed by atoms with Crippen molar-refractivity contribution in [2.24, 2.45) is 0 Å². The van der Waals surface area contributed by atoms with Gasteiger partial charge >= 0.3 is 0 Å². The van der Waals surface area contributed by atoms with Gasteiger partial charge in [0.1, 0.15) is 17.3 Å². The summed E-state index contributed by atoms with van der Waals surface area (Å²) in [4.78, 5) is 4.86. The first-order valence-corrected chi connectivity index (χ1v) is 7.92. The number of benzene rings is 1. The maximum Gasteiger partial charge on any atom is 0.131 e. The number of nitrogens with two attached hydrogens (primary N) is 1. The van der Waals surface area contributed by atoms with E-state index < -0.39 is 0 Å². The predicted octanol–water partition coefficient (Wildman–Crippen LogP) is 4.42. The molecule has 0 bridgehead atoms. The highest BCUT2D eigenvalue weighted by Gasteiger charge is 2.17. The number of nitrogen functional groups attached to an aromatic ring is 1. The highest BCUT2D eigenvalue weighted by Crippen LogP contribution is 2.31. The summed E-state index contributed by atoms with van der Waals surface area (Å²) in [5, 5.41) is 0. The van der Waals surface area contributed by atoms with Gasteiger partial charge < -0.3 is 10.3 Å². The maximum absolute atomic E-state index is 6.41. The normalized spacial score (nSPS) is 11.1. The number of aromatic nitrogens is 2. The highest BCUT2D eigenvalue weighted by molar-refractivity contribution is 5.74. The molecule has 21 heavy (non-hydrogen) atoms. The van der Waals surface area contributed by atoms with Gasteiger partial charge in [0.25, 0.3) is 0 Å². The zero-order chi connectivity index (χ0) is 15.6. The van der Waals surface area contributed by atoms with Crippen molar-refractivity contribution in [1.82, 2.24) is 9.55 Å². The number of hydrogen-bond acceptors (Lipinski definition) is 2. The van der Waals surface area contributed by atoms with E-state index in [4.69, 9.17) is 10.7 Å². The van der Waals surface area contributed by atoms with E-state index in [0.717, 1.165) is 43.1 Å². The molecule has 0 atom stereocenters. The van der Waals surface area contributed by atoms with Gasteiger partial charge in [0.2, 0.25) is 0 Å². The van der Waals surface area contributed by atoms with Crippen molar-refractivity contribution in [3.05, 3.63) is 34.6 Å². The molecule has 0 fully saturated rings. The predicted molar refractivity (Wildman–Crippen MR) is 90.6 cm³/mol. The lowest BCUT2D eigenvalue weighted by molar-refractivity contribution is 0.637. The second kappa shape index (κ2) is 6.33. The average Bonchev–Trinajstić information content (AvgIpc) is 2.73. The topological polar surface area (TPSA) is 43.8 Å². The van der Waals surface area contributed by atoms with Crippen LogP contribution in [0.2, 0.25) is 0 Å². The molecule has 2 N–H and O–H groups in total. The minimum Gasteiger partial charge on any atom is -0.383 e. The minimum atomic E-state index is 0.812. The Kier molecular flexibility index (Phi) is 4.71. The molecule has 0 amide bonds. The van der Waals surface area contributed by atoms with E-state index in [0.29, 0.717) is 0 Å². The molecule has 1 aromatic carbocycles. The lowest BCUT2D eigenvalue weighted by Crippen LogP contribution is -2.06. The van der Waals surface area contributed by atoms with Gasteiger partial charge in [0, 0.05) is 18.5 Å². The number of aryl methyl sites for hydroxylation is 4. The lowest BCUT2D eigenvalue weighted by atomic mass is 9.99. The highest BCUT2D eigenvalue weighted by atomic mass is 15.1. The summed E-state index contributed by atoms with van der Waals surface area (Å²) in [6.45, 7) is 11.7. The van der Waals surface area contributed by atoms with E-state index in [1.165, 1.54) is 22.3 Å². The van der Waals surface area contributed by atoms with Crippen molar-refractivity contribution in [2.75, 3.05) is 5.73 Å². The molecule has 0 saturated heterocycles. The first-order valence-electron chi connectivity index (χ1n) is 7.92. The van der Waals surface area contributed by atoms with Crippen LogP contribution in [0.3, 0.4) is 0 Å². The lowest BCUT2D eigenvalue weighted by Gasteiger charge is -2.10. The standard InChI is InChI=1S/C18H27N3/c1-6-8-16-20-17(18(19)21(16)9-7-2)15-11-13(4)12(3)10-14(15)5/h10-11H,6-9,19H2,1-5H3. The molecule has 3 nitrogen and oxygen atoms in total. The molecule has 1 aromatic heterocycles. The average molecular weight is 285 g/mol. The Labute approximate surface area is 128 Å². The summed E-state index contributed by atoms with van der Waals surface area (Å²) < 4.78 is 2.19. The molecule has 0 aliphatic carbocycles. The summed E-state index contributed by atoms with van der Waals surface area (Å²) in [6.07, 6.45) is 3.14. The summed E-state index contributed by atoms with van der Waals surface area (Å²) in [7, 11) is 0. The van der Waals surface area contributed by atoms with Crippen LogP contribution in [0.15, 0.2) is 12.1 Å². The molecule has 2 aromatic rings. The molecular weight excluding hydrogens is 258 g/mol. The molecule has 0 unspecified atom stereocenters. The van der Waals surface area contributed by atoms with Gasteiger partial charge in [-0.05, 0) is 56.4 Å². The first kappa shape index (κ1) is 15.6. The SMILES string of the molecule is CCCc1nc(-c2cc(C)c(C)cc2C)c(N)n1CCC. The summed E-state index contributed by atoms with van der Waals surface area (Å²) >= 11 is 0. The second-order valence-corrected chi connectivity index (χ2v) is 5.91. The number of imidazole rings is 1. The Morgan fingerprint density at radius 2 is 1.67 bits per heavy atom. The quantitative estimate of drug-likeness (QED) is 0.883. The second-order valence-electron chi connectivity index (χ2n) is 5.91. The molecule has 114 valence electrons. The number of hydrogen-bond donors (Lipinski definition) is 1. The van der Waals surface area contributed by atoms with Gasteiger partial charge in [-0.25, -0.2) is 4.98 Å². The van der Waals surface area contributed by atoms with Crippen LogP contribution in [0.4, 0.5) is 5.82 Å². The zero-order valence-electron chi connectivity index (χ0n) is 14.0. The molecular formula is C18H27N3. The van der Waals surface area contributed by atoms with Crippen molar-refractivity contribution in [2.45, 2.75) is 60.4 Å². The van der Waals surface area contributed by atoms with Crippen LogP contribution in [-0.4, -0.2) is 9.55 Å². The van der Waals surface area contributed by atoms with Crippen LogP contribution in [0, 0.1) is 20.8 Å². The van der Waals surface area contributed by atoms with Gasteiger partial charge in [-0.2, -0.15) is 0 Å². The molecule has 0 saturated carbocycles. The summed E-state index contributed by atoms with van der Waals surface area (Å²) in [5.74, 6) is 1.93. The molecule has 0 aliphatic heterocycles. The van der Waals surface area contributed by atoms with Gasteiger partial charge in [0.05, 0.1) is 0 Å². The first-order chi connectivity index (χ1) is 9.99. The van der Waals surface area contributed by atoms with Crippen LogP contribution < -0.4 is 5.73 Å². The molecule has 0 aliphatic rings. The summed E-state index contributed by atoms with van der Waals surface area (Å²) in [6, 6.07) is 4.44. The van der Waals surface area contributed by atoms with Crippen LogP contribution in [0.1, 0.15) is 49.2 Å². The number of nitrogens with zero attached hydrogens (tertiary/aromatic N) is 2. The largest absolute Gasteiger partial charge is 0.383 e. The molecule has 2 rings (SSSR count). The Balaban J connectivity index is 2.59. The number of rotatable bonds is 5. The van der Waals surface area contributed by atoms with E-state index in [9.17, 15) is 0 Å². The number of anilines is 1. The minimum absolute atomic E-state index is 0.812. The van der Waals surface area contributed by atoms with Crippen molar-refractivity contribution in [3.8, 4) is 11.3 Å². The van der Waals surface area contributed by atoms with Crippen molar-refractivity contribution in [3.63, 3.8) is 0 Å². The van der Waals surface area contributed by atoms with E-state index in [1.807, 2.05) is 0 Å². The van der Waals surface area contributed by atoms with E-state index in [2.05, 4.69) is 51.3 Å². The van der Waals surface area contributed by atoms with Crippen molar-refractivity contribution in [1.29, 1.82) is 0 Å². The fourth-order valence-corrected chi connectivity index (χ4v) is 2.81. The molecule has 1 heterocycles. The van der Waals surface area contributed by atoms with Gasteiger partial charge in [-0.1, -0.05) is 19.9 Å². The van der Waals surface area contributed by atoms with Crippen LogP contribution in [-0.2, 0) is 13.0 Å². The van der Waals surface area contributed by atoms with Crippen LogP contribution in [0.5, 0.6) is 0 Å². The van der Waals surface area contributed by atoms with Gasteiger partial charge in [-0.15, -0.1) is 0 Å². The fourth-order valence-electron chi connectivity index (χ4n) is 2.81. The van der Waals surface area contributed by atoms with E-state index >= 15 is 0 Å². The monoisotopic (exact) mass is 285 g/mol. The molecule has 0 radical (unpaired) electrons. The Morgan fingerprint density at radius 3 is 2.29 bits per heavy atom. The van der Waals surface area contributed by atoms with E-state index in [1.54, 1.807) is 0 Å². The smallest absolute Gasteiger partial charge is 0.131 e. The zero-order valence-corrected chi connectivity index (χ0v) is 14.0. The van der Waals surface area contributed by atoms with Crippen molar-refractivity contribution < 1.29 is 0 Å². The van der Waals surface area contributed by atoms with Gasteiger partial charge in [-0.3, -0.25) is 0 Å². The molecule has 3 heteroatoms. The van der Waals surface area contributed by atoms with Crippen LogP contribution in [0.25, 0.3) is 11.3 Å². The van der Waals surface area contributed by atoms with Crippen molar-refractivity contribution >= 4 is 5.82 Å². The Hall–Kier alpha value is -1.77. The third kappa shape index (κ3) is 2.97. The summed E-state index contributed by atoms with van der Waals surface area (Å²) in [5.41, 5.74) is 12.4.